The first-order valence-corrected chi connectivity index (χ1v) is 38.2. The van der Waals surface area contributed by atoms with Gasteiger partial charge in [-0.1, -0.05) is 401 Å². The molecular formula is C77H150O6. The molecule has 0 saturated carbocycles. The first-order chi connectivity index (χ1) is 40.7. The number of unbranched alkanes of at least 4 members (excludes halogenated alkanes) is 51. The second-order valence-electron chi connectivity index (χ2n) is 27.6. The maximum atomic E-state index is 13.0. The average molecular weight is 1170 g/mol. The van der Waals surface area contributed by atoms with Crippen molar-refractivity contribution in [2.45, 2.75) is 446 Å². The van der Waals surface area contributed by atoms with Crippen LogP contribution in [-0.2, 0) is 28.6 Å². The molecule has 0 saturated heterocycles. The monoisotopic (exact) mass is 1170 g/mol. The third kappa shape index (κ3) is 67.8. The summed E-state index contributed by atoms with van der Waals surface area (Å²) in [5, 5.41) is 0. The van der Waals surface area contributed by atoms with E-state index in [1.807, 2.05) is 0 Å². The minimum atomic E-state index is -0.766. The SMILES string of the molecule is CCC(C)CCCCCCCCCCCCCCCCCCCCC(=O)OC[C@@H](COC(=O)CCCCCCCCCCCCCCCCCCCCC(C)C)OC(=O)CCCCCCCCCCCCCCCCCCCCC(C)CC. The molecule has 0 aromatic carbocycles. The number of ether oxygens (including phenoxy) is 3. The van der Waals surface area contributed by atoms with Crippen molar-refractivity contribution in [1.29, 1.82) is 0 Å². The summed E-state index contributed by atoms with van der Waals surface area (Å²) in [6.45, 7) is 13.9. The molecule has 0 heterocycles. The lowest BCUT2D eigenvalue weighted by Gasteiger charge is -2.18. The van der Waals surface area contributed by atoms with Crippen molar-refractivity contribution in [3.05, 3.63) is 0 Å². The lowest BCUT2D eigenvalue weighted by molar-refractivity contribution is -0.167. The highest BCUT2D eigenvalue weighted by Gasteiger charge is 2.20. The van der Waals surface area contributed by atoms with E-state index in [1.165, 1.54) is 321 Å². The maximum Gasteiger partial charge on any atom is 0.306 e. The standard InChI is InChI=1S/C77H150O6/c1-7-72(5)64-58-52-46-40-34-28-22-16-10-13-19-25-31-37-43-49-55-61-67-76(79)82-70-74(69-81-75(78)66-60-54-48-42-36-30-24-18-12-9-15-21-27-33-39-45-51-57-63-71(3)4)83-77(80)68-62-56-50-44-38-32-26-20-14-11-17-23-29-35-41-47-53-59-65-73(6)8-2/h71-74H,7-70H2,1-6H3/t72?,73?,74-/m1/s1. The Labute approximate surface area is 520 Å². The number of esters is 3. The second-order valence-corrected chi connectivity index (χ2v) is 27.6. The van der Waals surface area contributed by atoms with Gasteiger partial charge in [-0.2, -0.15) is 0 Å². The number of carbonyl (C=O) groups excluding carboxylic acids is 3. The van der Waals surface area contributed by atoms with E-state index in [9.17, 15) is 14.4 Å². The van der Waals surface area contributed by atoms with E-state index < -0.39 is 6.10 Å². The van der Waals surface area contributed by atoms with Gasteiger partial charge in [-0.3, -0.25) is 14.4 Å². The molecule has 0 fully saturated rings. The quantitative estimate of drug-likeness (QED) is 0.0343. The van der Waals surface area contributed by atoms with Crippen LogP contribution in [0.4, 0.5) is 0 Å². The molecule has 0 aromatic heterocycles. The fourth-order valence-corrected chi connectivity index (χ4v) is 12.1. The maximum absolute atomic E-state index is 13.0. The molecule has 0 rings (SSSR count). The third-order valence-electron chi connectivity index (χ3n) is 18.6. The second kappa shape index (κ2) is 67.9. The molecule has 83 heavy (non-hydrogen) atoms. The smallest absolute Gasteiger partial charge is 0.306 e. The molecule has 6 heteroatoms. The number of hydrogen-bond acceptors (Lipinski definition) is 6. The molecular weight excluding hydrogens is 1020 g/mol. The summed E-state index contributed by atoms with van der Waals surface area (Å²) in [5.41, 5.74) is 0. The van der Waals surface area contributed by atoms with Crippen LogP contribution in [0, 0.1) is 17.8 Å². The minimum Gasteiger partial charge on any atom is -0.462 e. The Hall–Kier alpha value is -1.59. The van der Waals surface area contributed by atoms with Gasteiger partial charge in [-0.05, 0) is 37.0 Å². The largest absolute Gasteiger partial charge is 0.462 e. The molecule has 0 N–H and O–H groups in total. The molecule has 6 nitrogen and oxygen atoms in total. The van der Waals surface area contributed by atoms with E-state index in [0.717, 1.165) is 75.5 Å². The van der Waals surface area contributed by atoms with Gasteiger partial charge in [-0.15, -0.1) is 0 Å². The van der Waals surface area contributed by atoms with Crippen LogP contribution in [0.5, 0.6) is 0 Å². The predicted molar refractivity (Wildman–Crippen MR) is 363 cm³/mol. The van der Waals surface area contributed by atoms with Crippen LogP contribution < -0.4 is 0 Å². The highest BCUT2D eigenvalue weighted by Crippen LogP contribution is 2.21. The number of carbonyl (C=O) groups is 3. The van der Waals surface area contributed by atoms with E-state index in [0.29, 0.717) is 19.3 Å². The van der Waals surface area contributed by atoms with Crippen LogP contribution in [0.2, 0.25) is 0 Å². The Bertz CT molecular complexity index is 1300. The van der Waals surface area contributed by atoms with Crippen molar-refractivity contribution in [2.75, 3.05) is 13.2 Å². The fourth-order valence-electron chi connectivity index (χ4n) is 12.1. The molecule has 0 radical (unpaired) electrons. The molecule has 3 atom stereocenters. The summed E-state index contributed by atoms with van der Waals surface area (Å²) >= 11 is 0. The minimum absolute atomic E-state index is 0.0612. The van der Waals surface area contributed by atoms with E-state index in [4.69, 9.17) is 14.2 Å². The van der Waals surface area contributed by atoms with Crippen LogP contribution in [0.25, 0.3) is 0 Å². The first-order valence-electron chi connectivity index (χ1n) is 38.2. The fraction of sp³-hybridized carbons (Fsp3) is 0.961. The Balaban J connectivity index is 4.28. The predicted octanol–water partition coefficient (Wildman–Crippen LogP) is 26.1. The summed E-state index contributed by atoms with van der Waals surface area (Å²) < 4.78 is 17.1. The Morgan fingerprint density at radius 1 is 0.241 bits per heavy atom. The van der Waals surface area contributed by atoms with E-state index in [2.05, 4.69) is 41.5 Å². The molecule has 0 amide bonds. The molecule has 0 bridgehead atoms. The van der Waals surface area contributed by atoms with Gasteiger partial charge in [0.2, 0.25) is 0 Å². The number of rotatable bonds is 70. The van der Waals surface area contributed by atoms with Gasteiger partial charge in [0.1, 0.15) is 13.2 Å². The van der Waals surface area contributed by atoms with E-state index in [1.54, 1.807) is 0 Å². The average Bonchev–Trinajstić information content (AvgIpc) is 3.48. The van der Waals surface area contributed by atoms with Gasteiger partial charge in [-0.25, -0.2) is 0 Å². The summed E-state index contributed by atoms with van der Waals surface area (Å²) in [5.74, 6) is 1.86. The van der Waals surface area contributed by atoms with Crippen LogP contribution in [0.15, 0.2) is 0 Å². The lowest BCUT2D eigenvalue weighted by Crippen LogP contribution is -2.30. The summed E-state index contributed by atoms with van der Waals surface area (Å²) in [6.07, 6.45) is 78.3. The first kappa shape index (κ1) is 81.4. The zero-order valence-corrected chi connectivity index (χ0v) is 57.5. The zero-order valence-electron chi connectivity index (χ0n) is 57.5. The Morgan fingerprint density at radius 3 is 0.627 bits per heavy atom. The van der Waals surface area contributed by atoms with Crippen molar-refractivity contribution in [3.63, 3.8) is 0 Å². The number of hydrogen-bond donors (Lipinski definition) is 0. The van der Waals surface area contributed by atoms with Gasteiger partial charge < -0.3 is 14.2 Å². The topological polar surface area (TPSA) is 78.9 Å². The van der Waals surface area contributed by atoms with Crippen molar-refractivity contribution < 1.29 is 28.6 Å². The highest BCUT2D eigenvalue weighted by atomic mass is 16.6. The van der Waals surface area contributed by atoms with Crippen LogP contribution >= 0.6 is 0 Å². The van der Waals surface area contributed by atoms with Crippen molar-refractivity contribution in [2.24, 2.45) is 17.8 Å². The summed E-state index contributed by atoms with van der Waals surface area (Å²) in [7, 11) is 0. The summed E-state index contributed by atoms with van der Waals surface area (Å²) in [4.78, 5) is 38.6. The van der Waals surface area contributed by atoms with Gasteiger partial charge in [0.25, 0.3) is 0 Å². The van der Waals surface area contributed by atoms with Gasteiger partial charge >= 0.3 is 17.9 Å². The van der Waals surface area contributed by atoms with Gasteiger partial charge in [0.05, 0.1) is 0 Å². The molecule has 0 aliphatic rings. The van der Waals surface area contributed by atoms with Crippen LogP contribution in [-0.4, -0.2) is 37.2 Å². The van der Waals surface area contributed by atoms with Crippen LogP contribution in [0.3, 0.4) is 0 Å². The normalized spacial score (nSPS) is 12.8. The summed E-state index contributed by atoms with van der Waals surface area (Å²) in [6, 6.07) is 0. The van der Waals surface area contributed by atoms with E-state index >= 15 is 0 Å². The van der Waals surface area contributed by atoms with Crippen molar-refractivity contribution in [3.8, 4) is 0 Å². The van der Waals surface area contributed by atoms with Crippen molar-refractivity contribution in [1.82, 2.24) is 0 Å². The molecule has 0 spiro atoms. The molecule has 0 aliphatic heterocycles. The van der Waals surface area contributed by atoms with Gasteiger partial charge in [0, 0.05) is 19.3 Å². The molecule has 0 aliphatic carbocycles. The highest BCUT2D eigenvalue weighted by molar-refractivity contribution is 5.71. The zero-order chi connectivity index (χ0) is 60.4. The van der Waals surface area contributed by atoms with E-state index in [-0.39, 0.29) is 31.1 Å². The van der Waals surface area contributed by atoms with Gasteiger partial charge in [0.15, 0.2) is 6.10 Å². The van der Waals surface area contributed by atoms with Crippen molar-refractivity contribution >= 4 is 17.9 Å². The Kier molecular flexibility index (Phi) is 66.6. The lowest BCUT2D eigenvalue weighted by atomic mass is 9.99. The third-order valence-corrected chi connectivity index (χ3v) is 18.6. The Morgan fingerprint density at radius 2 is 0.422 bits per heavy atom. The molecule has 2 unspecified atom stereocenters. The molecule has 494 valence electrons. The molecule has 0 aromatic rings. The van der Waals surface area contributed by atoms with Crippen LogP contribution in [0.1, 0.15) is 440 Å².